The SMILES string of the molecule is CN(Cc1ccccc1F)C(=O)NC[C@H](O)C(=O)O. The number of carbonyl (C=O) groups is 2. The fraction of sp³-hybridized carbons (Fsp3) is 0.333. The number of hydrogen-bond donors (Lipinski definition) is 3. The molecule has 0 aliphatic rings. The Kier molecular flexibility index (Phi) is 5.25. The maximum atomic E-state index is 13.4. The number of halogens is 1. The molecule has 1 aromatic rings. The van der Waals surface area contributed by atoms with Crippen molar-refractivity contribution in [2.24, 2.45) is 0 Å². The highest BCUT2D eigenvalue weighted by atomic mass is 19.1. The summed E-state index contributed by atoms with van der Waals surface area (Å²) in [6, 6.07) is 5.43. The van der Waals surface area contributed by atoms with E-state index in [0.717, 1.165) is 0 Å². The third kappa shape index (κ3) is 4.55. The van der Waals surface area contributed by atoms with E-state index in [2.05, 4.69) is 5.32 Å². The summed E-state index contributed by atoms with van der Waals surface area (Å²) < 4.78 is 13.4. The minimum Gasteiger partial charge on any atom is -0.479 e. The third-order valence-corrected chi connectivity index (χ3v) is 2.44. The molecule has 1 aromatic carbocycles. The Morgan fingerprint density at radius 3 is 2.63 bits per heavy atom. The summed E-state index contributed by atoms with van der Waals surface area (Å²) in [5.41, 5.74) is 0.346. The zero-order valence-electron chi connectivity index (χ0n) is 10.3. The first kappa shape index (κ1) is 14.9. The number of carboxylic acids is 1. The molecule has 0 saturated carbocycles. The van der Waals surface area contributed by atoms with Gasteiger partial charge in [-0.05, 0) is 6.07 Å². The van der Waals surface area contributed by atoms with E-state index in [1.807, 2.05) is 0 Å². The maximum absolute atomic E-state index is 13.4. The van der Waals surface area contributed by atoms with E-state index in [1.165, 1.54) is 18.0 Å². The topological polar surface area (TPSA) is 89.9 Å². The van der Waals surface area contributed by atoms with E-state index in [9.17, 15) is 14.0 Å². The second kappa shape index (κ2) is 6.69. The number of rotatable bonds is 5. The highest BCUT2D eigenvalue weighted by molar-refractivity contribution is 5.76. The van der Waals surface area contributed by atoms with Crippen LogP contribution in [-0.2, 0) is 11.3 Å². The molecule has 7 heteroatoms. The zero-order chi connectivity index (χ0) is 14.4. The van der Waals surface area contributed by atoms with Gasteiger partial charge in [-0.15, -0.1) is 0 Å². The minimum absolute atomic E-state index is 0.0433. The molecule has 0 aliphatic carbocycles. The van der Waals surface area contributed by atoms with Crippen molar-refractivity contribution in [1.29, 1.82) is 0 Å². The second-order valence-electron chi connectivity index (χ2n) is 3.99. The third-order valence-electron chi connectivity index (χ3n) is 2.44. The molecule has 0 heterocycles. The smallest absolute Gasteiger partial charge is 0.334 e. The van der Waals surface area contributed by atoms with Gasteiger partial charge in [0.05, 0.1) is 6.54 Å². The van der Waals surface area contributed by atoms with Gasteiger partial charge in [-0.2, -0.15) is 0 Å². The molecular formula is C12H15FN2O4. The number of carbonyl (C=O) groups excluding carboxylic acids is 1. The van der Waals surface area contributed by atoms with Crippen LogP contribution in [0.25, 0.3) is 0 Å². The van der Waals surface area contributed by atoms with Gasteiger partial charge in [0.15, 0.2) is 6.10 Å². The molecular weight excluding hydrogens is 255 g/mol. The summed E-state index contributed by atoms with van der Waals surface area (Å²) in [6.07, 6.45) is -1.66. The number of aliphatic carboxylic acids is 1. The molecule has 0 radical (unpaired) electrons. The van der Waals surface area contributed by atoms with Gasteiger partial charge in [0.25, 0.3) is 0 Å². The van der Waals surface area contributed by atoms with Crippen molar-refractivity contribution >= 4 is 12.0 Å². The normalized spacial score (nSPS) is 11.7. The van der Waals surface area contributed by atoms with Crippen LogP contribution in [0.2, 0.25) is 0 Å². The van der Waals surface area contributed by atoms with Gasteiger partial charge < -0.3 is 20.4 Å². The van der Waals surface area contributed by atoms with E-state index < -0.39 is 30.5 Å². The van der Waals surface area contributed by atoms with E-state index >= 15 is 0 Å². The average molecular weight is 270 g/mol. The fourth-order valence-electron chi connectivity index (χ4n) is 1.36. The predicted molar refractivity (Wildman–Crippen MR) is 64.9 cm³/mol. The van der Waals surface area contributed by atoms with Crippen LogP contribution in [0.5, 0.6) is 0 Å². The average Bonchev–Trinajstić information content (AvgIpc) is 2.37. The summed E-state index contributed by atoms with van der Waals surface area (Å²) in [7, 11) is 1.44. The summed E-state index contributed by atoms with van der Waals surface area (Å²) in [5, 5.41) is 19.7. The van der Waals surface area contributed by atoms with Crippen molar-refractivity contribution in [2.75, 3.05) is 13.6 Å². The van der Waals surface area contributed by atoms with Gasteiger partial charge in [0.1, 0.15) is 5.82 Å². The van der Waals surface area contributed by atoms with Gasteiger partial charge in [0, 0.05) is 19.2 Å². The molecule has 0 bridgehead atoms. The lowest BCUT2D eigenvalue weighted by Crippen LogP contribution is -2.42. The predicted octanol–water partition coefficient (Wildman–Crippen LogP) is 0.413. The molecule has 3 N–H and O–H groups in total. The van der Waals surface area contributed by atoms with E-state index in [4.69, 9.17) is 10.2 Å². The van der Waals surface area contributed by atoms with Crippen LogP contribution in [0, 0.1) is 5.82 Å². The molecule has 0 spiro atoms. The fourth-order valence-corrected chi connectivity index (χ4v) is 1.36. The van der Waals surface area contributed by atoms with Crippen LogP contribution < -0.4 is 5.32 Å². The van der Waals surface area contributed by atoms with E-state index in [-0.39, 0.29) is 6.54 Å². The zero-order valence-corrected chi connectivity index (χ0v) is 10.3. The lowest BCUT2D eigenvalue weighted by molar-refractivity contribution is -0.146. The monoisotopic (exact) mass is 270 g/mol. The van der Waals surface area contributed by atoms with Gasteiger partial charge in [-0.3, -0.25) is 0 Å². The summed E-state index contributed by atoms with van der Waals surface area (Å²) in [5.74, 6) is -1.84. The largest absolute Gasteiger partial charge is 0.479 e. The van der Waals surface area contributed by atoms with Gasteiger partial charge in [-0.25, -0.2) is 14.0 Å². The van der Waals surface area contributed by atoms with Gasteiger partial charge >= 0.3 is 12.0 Å². The number of aliphatic hydroxyl groups is 1. The van der Waals surface area contributed by atoms with Crippen LogP contribution in [0.3, 0.4) is 0 Å². The maximum Gasteiger partial charge on any atom is 0.334 e. The van der Waals surface area contributed by atoms with Crippen molar-refractivity contribution in [3.05, 3.63) is 35.6 Å². The molecule has 1 atom stereocenters. The Hall–Kier alpha value is -2.15. The Morgan fingerprint density at radius 1 is 1.42 bits per heavy atom. The molecule has 104 valence electrons. The number of nitrogens with one attached hydrogen (secondary N) is 1. The van der Waals surface area contributed by atoms with E-state index in [1.54, 1.807) is 18.2 Å². The number of nitrogens with zero attached hydrogens (tertiary/aromatic N) is 1. The van der Waals surface area contributed by atoms with Crippen molar-refractivity contribution in [3.63, 3.8) is 0 Å². The first-order valence-electron chi connectivity index (χ1n) is 5.55. The quantitative estimate of drug-likeness (QED) is 0.723. The van der Waals surface area contributed by atoms with Crippen LogP contribution in [0.4, 0.5) is 9.18 Å². The summed E-state index contributed by atoms with van der Waals surface area (Å²) in [4.78, 5) is 23.1. The number of aliphatic hydroxyl groups excluding tert-OH is 1. The molecule has 1 rings (SSSR count). The molecule has 0 aliphatic heterocycles. The van der Waals surface area contributed by atoms with E-state index in [0.29, 0.717) is 5.56 Å². The van der Waals surface area contributed by atoms with Crippen molar-refractivity contribution < 1.29 is 24.2 Å². The number of urea groups is 1. The molecule has 0 fully saturated rings. The first-order valence-corrected chi connectivity index (χ1v) is 5.55. The first-order chi connectivity index (χ1) is 8.91. The molecule has 0 aromatic heterocycles. The molecule has 2 amide bonds. The van der Waals surface area contributed by atoms with Crippen LogP contribution in [0.15, 0.2) is 24.3 Å². The highest BCUT2D eigenvalue weighted by Crippen LogP contribution is 2.08. The Balaban J connectivity index is 2.50. The van der Waals surface area contributed by atoms with Crippen LogP contribution >= 0.6 is 0 Å². The number of carboxylic acid groups (broad SMARTS) is 1. The van der Waals surface area contributed by atoms with Gasteiger partial charge in [0.2, 0.25) is 0 Å². The molecule has 0 saturated heterocycles. The second-order valence-corrected chi connectivity index (χ2v) is 3.99. The number of amides is 2. The summed E-state index contributed by atoms with van der Waals surface area (Å²) >= 11 is 0. The van der Waals surface area contributed by atoms with Crippen molar-refractivity contribution in [3.8, 4) is 0 Å². The minimum atomic E-state index is -1.66. The molecule has 0 unspecified atom stereocenters. The molecule has 6 nitrogen and oxygen atoms in total. The Morgan fingerprint density at radius 2 is 2.05 bits per heavy atom. The number of benzene rings is 1. The van der Waals surface area contributed by atoms with Crippen molar-refractivity contribution in [1.82, 2.24) is 10.2 Å². The van der Waals surface area contributed by atoms with Crippen LogP contribution in [-0.4, -0.2) is 46.8 Å². The van der Waals surface area contributed by atoms with Crippen LogP contribution in [0.1, 0.15) is 5.56 Å². The Bertz CT molecular complexity index is 467. The molecule has 19 heavy (non-hydrogen) atoms. The number of hydrogen-bond acceptors (Lipinski definition) is 3. The highest BCUT2D eigenvalue weighted by Gasteiger charge is 2.16. The van der Waals surface area contributed by atoms with Gasteiger partial charge in [-0.1, -0.05) is 18.2 Å². The van der Waals surface area contributed by atoms with Crippen molar-refractivity contribution in [2.45, 2.75) is 12.6 Å². The Labute approximate surface area is 109 Å². The lowest BCUT2D eigenvalue weighted by Gasteiger charge is -2.19. The lowest BCUT2D eigenvalue weighted by atomic mass is 10.2. The summed E-state index contributed by atoms with van der Waals surface area (Å²) in [6.45, 7) is -0.364. The standard InChI is InChI=1S/C12H15FN2O4/c1-15(7-8-4-2-3-5-9(8)13)12(19)14-6-10(16)11(17)18/h2-5,10,16H,6-7H2,1H3,(H,14,19)(H,17,18)/t10-/m0/s1.